The van der Waals surface area contributed by atoms with Crippen LogP contribution < -0.4 is 10.6 Å². The van der Waals surface area contributed by atoms with Crippen LogP contribution in [0.3, 0.4) is 0 Å². The predicted molar refractivity (Wildman–Crippen MR) is 84.4 cm³/mol. The lowest BCUT2D eigenvalue weighted by Crippen LogP contribution is -2.12. The molecule has 1 aromatic heterocycles. The van der Waals surface area contributed by atoms with Gasteiger partial charge in [-0.2, -0.15) is 0 Å². The Morgan fingerprint density at radius 3 is 2.30 bits per heavy atom. The second kappa shape index (κ2) is 10.4. The fraction of sp³-hybridized carbons (Fsp3) is 0.733. The number of methoxy groups -OCH3 is 1. The lowest BCUT2D eigenvalue weighted by molar-refractivity contribution is 0.194. The van der Waals surface area contributed by atoms with Gasteiger partial charge >= 0.3 is 0 Å². The van der Waals surface area contributed by atoms with Crippen molar-refractivity contribution in [3.63, 3.8) is 0 Å². The maximum absolute atomic E-state index is 5.06. The Bertz CT molecular complexity index is 371. The summed E-state index contributed by atoms with van der Waals surface area (Å²) in [7, 11) is 1.74. The van der Waals surface area contributed by atoms with Gasteiger partial charge in [0.2, 0.25) is 0 Å². The van der Waals surface area contributed by atoms with Crippen molar-refractivity contribution in [2.24, 2.45) is 0 Å². The van der Waals surface area contributed by atoms with Gasteiger partial charge in [0.15, 0.2) is 0 Å². The molecule has 5 heteroatoms. The third-order valence-electron chi connectivity index (χ3n) is 3.06. The Balaban J connectivity index is 2.62. The highest BCUT2D eigenvalue weighted by Crippen LogP contribution is 2.21. The quantitative estimate of drug-likeness (QED) is 0.610. The van der Waals surface area contributed by atoms with Gasteiger partial charge in [-0.25, -0.2) is 9.97 Å². The van der Waals surface area contributed by atoms with Crippen LogP contribution >= 0.6 is 0 Å². The van der Waals surface area contributed by atoms with Gasteiger partial charge < -0.3 is 15.4 Å². The van der Waals surface area contributed by atoms with Crippen LogP contribution in [0.2, 0.25) is 0 Å². The van der Waals surface area contributed by atoms with E-state index in [1.165, 1.54) is 5.56 Å². The van der Waals surface area contributed by atoms with Crippen molar-refractivity contribution in [3.05, 3.63) is 11.9 Å². The van der Waals surface area contributed by atoms with Gasteiger partial charge in [0, 0.05) is 32.4 Å². The molecule has 5 nitrogen and oxygen atoms in total. The molecule has 0 aliphatic rings. The fourth-order valence-electron chi connectivity index (χ4n) is 2.03. The molecule has 0 atom stereocenters. The highest BCUT2D eigenvalue weighted by Gasteiger charge is 2.09. The van der Waals surface area contributed by atoms with Crippen molar-refractivity contribution in [2.75, 3.05) is 37.4 Å². The molecule has 2 N–H and O–H groups in total. The number of nitrogens with one attached hydrogen (secondary N) is 2. The van der Waals surface area contributed by atoms with Crippen LogP contribution in [0.4, 0.5) is 11.6 Å². The van der Waals surface area contributed by atoms with Crippen molar-refractivity contribution in [1.82, 2.24) is 9.97 Å². The second-order valence-electron chi connectivity index (χ2n) is 4.85. The molecule has 0 aliphatic heterocycles. The van der Waals surface area contributed by atoms with Gasteiger partial charge in [0.25, 0.3) is 0 Å². The van der Waals surface area contributed by atoms with E-state index in [9.17, 15) is 0 Å². The van der Waals surface area contributed by atoms with E-state index in [4.69, 9.17) is 4.74 Å². The van der Waals surface area contributed by atoms with Crippen LogP contribution in [0.1, 0.15) is 45.1 Å². The number of anilines is 2. The minimum Gasteiger partial charge on any atom is -0.385 e. The summed E-state index contributed by atoms with van der Waals surface area (Å²) in [5, 5.41) is 6.81. The van der Waals surface area contributed by atoms with Crippen molar-refractivity contribution < 1.29 is 4.74 Å². The van der Waals surface area contributed by atoms with Crippen LogP contribution in [0.15, 0.2) is 6.33 Å². The summed E-state index contributed by atoms with van der Waals surface area (Å²) in [6, 6.07) is 0. The van der Waals surface area contributed by atoms with Gasteiger partial charge in [-0.05, 0) is 25.7 Å². The van der Waals surface area contributed by atoms with Gasteiger partial charge in [-0.1, -0.05) is 20.3 Å². The van der Waals surface area contributed by atoms with Crippen LogP contribution in [-0.2, 0) is 11.2 Å². The van der Waals surface area contributed by atoms with Crippen LogP contribution in [0.5, 0.6) is 0 Å². The van der Waals surface area contributed by atoms with Gasteiger partial charge in [0.05, 0.1) is 0 Å². The van der Waals surface area contributed by atoms with E-state index in [1.807, 2.05) is 0 Å². The monoisotopic (exact) mass is 280 g/mol. The molecule has 1 heterocycles. The van der Waals surface area contributed by atoms with E-state index < -0.39 is 0 Å². The van der Waals surface area contributed by atoms with E-state index in [1.54, 1.807) is 13.4 Å². The molecule has 0 bridgehead atoms. The zero-order valence-corrected chi connectivity index (χ0v) is 13.0. The van der Waals surface area contributed by atoms with E-state index in [-0.39, 0.29) is 0 Å². The van der Waals surface area contributed by atoms with Crippen molar-refractivity contribution >= 4 is 11.6 Å². The molecule has 1 rings (SSSR count). The number of unbranched alkanes of at least 4 members (excludes halogenated alkanes) is 1. The normalized spacial score (nSPS) is 10.6. The first-order chi connectivity index (χ1) is 9.83. The molecule has 1 aromatic rings. The zero-order valence-electron chi connectivity index (χ0n) is 13.0. The van der Waals surface area contributed by atoms with E-state index in [0.29, 0.717) is 0 Å². The summed E-state index contributed by atoms with van der Waals surface area (Å²) in [5.74, 6) is 1.95. The van der Waals surface area contributed by atoms with Crippen LogP contribution in [0.25, 0.3) is 0 Å². The minimum absolute atomic E-state index is 0.816. The first kappa shape index (κ1) is 16.7. The van der Waals surface area contributed by atoms with Crippen molar-refractivity contribution in [3.8, 4) is 0 Å². The summed E-state index contributed by atoms with van der Waals surface area (Å²) in [5.41, 5.74) is 1.20. The Morgan fingerprint density at radius 1 is 1.00 bits per heavy atom. The molecular weight excluding hydrogens is 252 g/mol. The first-order valence-corrected chi connectivity index (χ1v) is 7.64. The molecule has 0 amide bonds. The Morgan fingerprint density at radius 2 is 1.70 bits per heavy atom. The fourth-order valence-corrected chi connectivity index (χ4v) is 2.03. The number of hydrogen-bond acceptors (Lipinski definition) is 5. The largest absolute Gasteiger partial charge is 0.385 e. The Kier molecular flexibility index (Phi) is 8.71. The second-order valence-corrected chi connectivity index (χ2v) is 4.85. The van der Waals surface area contributed by atoms with E-state index in [2.05, 4.69) is 34.4 Å². The topological polar surface area (TPSA) is 59.1 Å². The molecule has 0 saturated heterocycles. The van der Waals surface area contributed by atoms with Crippen LogP contribution in [-0.4, -0.2) is 36.8 Å². The lowest BCUT2D eigenvalue weighted by Gasteiger charge is -2.14. The molecule has 0 aliphatic carbocycles. The summed E-state index contributed by atoms with van der Waals surface area (Å²) in [4.78, 5) is 8.76. The summed E-state index contributed by atoms with van der Waals surface area (Å²) in [6.45, 7) is 7.02. The van der Waals surface area contributed by atoms with Gasteiger partial charge in [-0.15, -0.1) is 0 Å². The van der Waals surface area contributed by atoms with Crippen molar-refractivity contribution in [2.45, 2.75) is 46.0 Å². The number of aromatic nitrogens is 2. The maximum Gasteiger partial charge on any atom is 0.134 e. The standard InChI is InChI=1S/C15H28N4O/c1-4-8-13-14(16-9-5-2)18-12-19-15(13)17-10-6-7-11-20-3/h12H,4-11H2,1-3H3,(H2,16,17,18,19). The summed E-state index contributed by atoms with van der Waals surface area (Å²) in [6.07, 6.45) is 6.96. The average molecular weight is 280 g/mol. The Hall–Kier alpha value is -1.36. The number of ether oxygens (including phenoxy) is 1. The number of hydrogen-bond donors (Lipinski definition) is 2. The maximum atomic E-state index is 5.06. The van der Waals surface area contributed by atoms with Crippen molar-refractivity contribution in [1.29, 1.82) is 0 Å². The summed E-state index contributed by atoms with van der Waals surface area (Å²) >= 11 is 0. The molecule has 0 aromatic carbocycles. The molecule has 0 fully saturated rings. The zero-order chi connectivity index (χ0) is 14.6. The summed E-state index contributed by atoms with van der Waals surface area (Å²) < 4.78 is 5.06. The average Bonchev–Trinajstić information content (AvgIpc) is 2.47. The number of rotatable bonds is 11. The Labute approximate surface area is 122 Å². The third-order valence-corrected chi connectivity index (χ3v) is 3.06. The highest BCUT2D eigenvalue weighted by atomic mass is 16.5. The molecular formula is C15H28N4O. The van der Waals surface area contributed by atoms with Gasteiger partial charge in [-0.3, -0.25) is 0 Å². The third kappa shape index (κ3) is 5.74. The molecule has 0 saturated carbocycles. The molecule has 114 valence electrons. The van der Waals surface area contributed by atoms with Crippen LogP contribution in [0, 0.1) is 0 Å². The number of nitrogens with zero attached hydrogens (tertiary/aromatic N) is 2. The molecule has 20 heavy (non-hydrogen) atoms. The van der Waals surface area contributed by atoms with E-state index in [0.717, 1.165) is 63.4 Å². The SMILES string of the molecule is CCCNc1ncnc(NCCCCOC)c1CCC. The highest BCUT2D eigenvalue weighted by molar-refractivity contribution is 5.57. The smallest absolute Gasteiger partial charge is 0.134 e. The lowest BCUT2D eigenvalue weighted by atomic mass is 10.1. The minimum atomic E-state index is 0.816. The van der Waals surface area contributed by atoms with E-state index >= 15 is 0 Å². The molecule has 0 spiro atoms. The molecule has 0 radical (unpaired) electrons. The predicted octanol–water partition coefficient (Wildman–Crippen LogP) is 3.09. The molecule has 0 unspecified atom stereocenters. The van der Waals surface area contributed by atoms with Gasteiger partial charge in [0.1, 0.15) is 18.0 Å². The first-order valence-electron chi connectivity index (χ1n) is 7.64.